The van der Waals surface area contributed by atoms with Crippen molar-refractivity contribution in [3.8, 4) is 0 Å². The van der Waals surface area contributed by atoms with Gasteiger partial charge in [0.05, 0.1) is 6.10 Å². The molecule has 0 aliphatic carbocycles. The minimum Gasteiger partial charge on any atom is -0.378 e. The molecule has 0 N–H and O–H groups in total. The van der Waals surface area contributed by atoms with Gasteiger partial charge in [-0.2, -0.15) is 0 Å². The van der Waals surface area contributed by atoms with Crippen molar-refractivity contribution in [3.63, 3.8) is 0 Å². The van der Waals surface area contributed by atoms with Crippen LogP contribution >= 0.6 is 0 Å². The first-order chi connectivity index (χ1) is 5.18. The lowest BCUT2D eigenvalue weighted by atomic mass is 9.93. The molecule has 0 aromatic heterocycles. The van der Waals surface area contributed by atoms with Gasteiger partial charge in [-0.15, -0.1) is 0 Å². The lowest BCUT2D eigenvalue weighted by molar-refractivity contribution is 0.0134. The van der Waals surface area contributed by atoms with Crippen molar-refractivity contribution in [1.82, 2.24) is 0 Å². The third-order valence-electron chi connectivity index (χ3n) is 2.19. The Labute approximate surface area is 70.1 Å². The lowest BCUT2D eigenvalue weighted by Crippen LogP contribution is -2.24. The summed E-state index contributed by atoms with van der Waals surface area (Å²) in [4.78, 5) is 0. The minimum absolute atomic E-state index is 0.517. The fraction of sp³-hybridized carbons (Fsp3) is 0.900. The molecule has 1 aliphatic rings. The third kappa shape index (κ3) is 3.24. The Kier molecular flexibility index (Phi) is 3.38. The SMILES string of the molecule is C[C]1CCO[C@@H](CC(C)C)C1. The highest BCUT2D eigenvalue weighted by Gasteiger charge is 2.19. The molecule has 11 heavy (non-hydrogen) atoms. The van der Waals surface area contributed by atoms with Crippen LogP contribution in [0.2, 0.25) is 0 Å². The van der Waals surface area contributed by atoms with Crippen molar-refractivity contribution in [2.45, 2.75) is 46.1 Å². The Morgan fingerprint density at radius 3 is 2.82 bits per heavy atom. The van der Waals surface area contributed by atoms with Gasteiger partial charge >= 0.3 is 0 Å². The van der Waals surface area contributed by atoms with Gasteiger partial charge in [-0.25, -0.2) is 0 Å². The van der Waals surface area contributed by atoms with Crippen LogP contribution in [-0.2, 0) is 4.74 Å². The van der Waals surface area contributed by atoms with Gasteiger partial charge in [0, 0.05) is 6.61 Å². The highest BCUT2D eigenvalue weighted by Crippen LogP contribution is 2.25. The molecule has 1 heteroatoms. The van der Waals surface area contributed by atoms with Crippen molar-refractivity contribution in [2.24, 2.45) is 5.92 Å². The first-order valence-electron chi connectivity index (χ1n) is 4.61. The summed E-state index contributed by atoms with van der Waals surface area (Å²) in [6.45, 7) is 7.71. The fourth-order valence-corrected chi connectivity index (χ4v) is 1.63. The molecule has 1 heterocycles. The smallest absolute Gasteiger partial charge is 0.0583 e. The molecule has 1 aliphatic heterocycles. The van der Waals surface area contributed by atoms with Crippen molar-refractivity contribution < 1.29 is 4.74 Å². The van der Waals surface area contributed by atoms with Gasteiger partial charge in [-0.3, -0.25) is 0 Å². The summed E-state index contributed by atoms with van der Waals surface area (Å²) in [5.74, 6) is 2.38. The van der Waals surface area contributed by atoms with E-state index in [4.69, 9.17) is 4.74 Å². The predicted octanol–water partition coefficient (Wildman–Crippen LogP) is 2.81. The lowest BCUT2D eigenvalue weighted by Gasteiger charge is -2.28. The number of hydrogen-bond acceptors (Lipinski definition) is 1. The van der Waals surface area contributed by atoms with E-state index in [1.807, 2.05) is 0 Å². The molecule has 1 fully saturated rings. The van der Waals surface area contributed by atoms with E-state index >= 15 is 0 Å². The second-order valence-electron chi connectivity index (χ2n) is 4.03. The molecule has 0 aromatic rings. The predicted molar refractivity (Wildman–Crippen MR) is 47.3 cm³/mol. The first kappa shape index (κ1) is 9.05. The van der Waals surface area contributed by atoms with Gasteiger partial charge < -0.3 is 4.74 Å². The molecule has 1 radical (unpaired) electrons. The van der Waals surface area contributed by atoms with Crippen LogP contribution in [0.3, 0.4) is 0 Å². The van der Waals surface area contributed by atoms with Crippen molar-refractivity contribution in [3.05, 3.63) is 5.92 Å². The molecule has 1 saturated heterocycles. The summed E-state index contributed by atoms with van der Waals surface area (Å²) in [7, 11) is 0. The topological polar surface area (TPSA) is 9.23 Å². The first-order valence-corrected chi connectivity index (χ1v) is 4.61. The van der Waals surface area contributed by atoms with Gasteiger partial charge in [0.1, 0.15) is 0 Å². The molecular weight excluding hydrogens is 136 g/mol. The van der Waals surface area contributed by atoms with Gasteiger partial charge in [-0.05, 0) is 31.1 Å². The van der Waals surface area contributed by atoms with Crippen LogP contribution in [0.5, 0.6) is 0 Å². The Balaban J connectivity index is 2.23. The Morgan fingerprint density at radius 1 is 1.55 bits per heavy atom. The summed E-state index contributed by atoms with van der Waals surface area (Å²) < 4.78 is 5.64. The van der Waals surface area contributed by atoms with Gasteiger partial charge in [-0.1, -0.05) is 20.8 Å². The third-order valence-corrected chi connectivity index (χ3v) is 2.19. The van der Waals surface area contributed by atoms with E-state index in [0.29, 0.717) is 6.10 Å². The fourth-order valence-electron chi connectivity index (χ4n) is 1.63. The summed E-state index contributed by atoms with van der Waals surface area (Å²) >= 11 is 0. The van der Waals surface area contributed by atoms with E-state index in [-0.39, 0.29) is 0 Å². The van der Waals surface area contributed by atoms with Crippen LogP contribution in [0.15, 0.2) is 0 Å². The van der Waals surface area contributed by atoms with E-state index < -0.39 is 0 Å². The normalized spacial score (nSPS) is 27.8. The van der Waals surface area contributed by atoms with E-state index in [9.17, 15) is 0 Å². The van der Waals surface area contributed by atoms with Gasteiger partial charge in [0.15, 0.2) is 0 Å². The molecule has 0 unspecified atom stereocenters. The monoisotopic (exact) mass is 155 g/mol. The quantitative estimate of drug-likeness (QED) is 0.596. The Bertz CT molecular complexity index is 107. The molecule has 65 valence electrons. The van der Waals surface area contributed by atoms with E-state index in [0.717, 1.165) is 12.5 Å². The van der Waals surface area contributed by atoms with Crippen LogP contribution in [0, 0.1) is 11.8 Å². The summed E-state index contributed by atoms with van der Waals surface area (Å²) in [5.41, 5.74) is 0. The van der Waals surface area contributed by atoms with E-state index in [2.05, 4.69) is 20.8 Å². The Hall–Kier alpha value is -0.0400. The Morgan fingerprint density at radius 2 is 2.27 bits per heavy atom. The van der Waals surface area contributed by atoms with Crippen molar-refractivity contribution >= 4 is 0 Å². The molecule has 0 amide bonds. The number of hydrogen-bond donors (Lipinski definition) is 0. The average molecular weight is 155 g/mol. The zero-order valence-electron chi connectivity index (χ0n) is 7.89. The minimum atomic E-state index is 0.517. The van der Waals surface area contributed by atoms with E-state index in [1.54, 1.807) is 5.92 Å². The van der Waals surface area contributed by atoms with Crippen LogP contribution in [0.4, 0.5) is 0 Å². The second kappa shape index (κ2) is 4.10. The summed E-state index contributed by atoms with van der Waals surface area (Å²) in [6, 6.07) is 0. The van der Waals surface area contributed by atoms with Crippen LogP contribution in [0.25, 0.3) is 0 Å². The molecular formula is C10H19O. The van der Waals surface area contributed by atoms with Crippen molar-refractivity contribution in [2.75, 3.05) is 6.61 Å². The van der Waals surface area contributed by atoms with Crippen LogP contribution in [-0.4, -0.2) is 12.7 Å². The molecule has 0 spiro atoms. The molecule has 1 nitrogen and oxygen atoms in total. The zero-order valence-corrected chi connectivity index (χ0v) is 7.89. The van der Waals surface area contributed by atoms with Gasteiger partial charge in [0.25, 0.3) is 0 Å². The van der Waals surface area contributed by atoms with Gasteiger partial charge in [0.2, 0.25) is 0 Å². The largest absolute Gasteiger partial charge is 0.378 e. The van der Waals surface area contributed by atoms with Crippen molar-refractivity contribution in [1.29, 1.82) is 0 Å². The standard InChI is InChI=1S/C10H19O/c1-8(2)6-10-7-9(3)4-5-11-10/h8,10H,4-7H2,1-3H3/t10-/m0/s1. The van der Waals surface area contributed by atoms with Crippen LogP contribution < -0.4 is 0 Å². The highest BCUT2D eigenvalue weighted by atomic mass is 16.5. The second-order valence-corrected chi connectivity index (χ2v) is 4.03. The maximum Gasteiger partial charge on any atom is 0.0583 e. The molecule has 1 rings (SSSR count). The zero-order chi connectivity index (χ0) is 8.27. The molecule has 0 saturated carbocycles. The maximum absolute atomic E-state index is 5.64. The number of ether oxygens (including phenoxy) is 1. The van der Waals surface area contributed by atoms with Crippen LogP contribution in [0.1, 0.15) is 40.0 Å². The number of rotatable bonds is 2. The molecule has 0 bridgehead atoms. The molecule has 0 aromatic carbocycles. The summed E-state index contributed by atoms with van der Waals surface area (Å²) in [5, 5.41) is 0. The molecule has 1 atom stereocenters. The average Bonchev–Trinajstić information content (AvgIpc) is 1.85. The summed E-state index contributed by atoms with van der Waals surface area (Å²) in [6.07, 6.45) is 4.10. The van der Waals surface area contributed by atoms with E-state index in [1.165, 1.54) is 19.3 Å². The highest BCUT2D eigenvalue weighted by molar-refractivity contribution is 4.90. The maximum atomic E-state index is 5.64.